The van der Waals surface area contributed by atoms with Gasteiger partial charge >= 0.3 is 0 Å². The lowest BCUT2D eigenvalue weighted by Crippen LogP contribution is -2.33. The van der Waals surface area contributed by atoms with E-state index < -0.39 is 0 Å². The molecule has 1 N–H and O–H groups in total. The highest BCUT2D eigenvalue weighted by atomic mass is 16.5. The Labute approximate surface area is 90.9 Å². The van der Waals surface area contributed by atoms with Gasteiger partial charge in [0, 0.05) is 6.20 Å². The maximum atomic E-state index is 5.97. The zero-order chi connectivity index (χ0) is 10.5. The molecule has 0 amide bonds. The summed E-state index contributed by atoms with van der Waals surface area (Å²) in [5.74, 6) is 0. The van der Waals surface area contributed by atoms with Crippen LogP contribution in [0, 0.1) is 0 Å². The van der Waals surface area contributed by atoms with Crippen LogP contribution in [0.25, 0.3) is 0 Å². The minimum atomic E-state index is 0.106. The first-order valence-corrected chi connectivity index (χ1v) is 5.63. The van der Waals surface area contributed by atoms with Gasteiger partial charge in [-0.1, -0.05) is 6.07 Å². The van der Waals surface area contributed by atoms with Crippen LogP contribution in [-0.4, -0.2) is 24.2 Å². The van der Waals surface area contributed by atoms with Gasteiger partial charge < -0.3 is 10.1 Å². The number of hydrogen-bond acceptors (Lipinski definition) is 3. The maximum absolute atomic E-state index is 5.97. The molecule has 1 fully saturated rings. The average Bonchev–Trinajstić information content (AvgIpc) is 2.31. The van der Waals surface area contributed by atoms with Gasteiger partial charge in [-0.15, -0.1) is 0 Å². The quantitative estimate of drug-likeness (QED) is 0.820. The molecule has 3 heteroatoms. The third-order valence-electron chi connectivity index (χ3n) is 2.79. The molecular formula is C12H18N2O. The van der Waals surface area contributed by atoms with Crippen molar-refractivity contribution < 1.29 is 4.74 Å². The number of rotatable bonds is 3. The Morgan fingerprint density at radius 3 is 2.87 bits per heavy atom. The zero-order valence-electron chi connectivity index (χ0n) is 9.15. The van der Waals surface area contributed by atoms with Gasteiger partial charge in [-0.05, 0) is 45.0 Å². The minimum absolute atomic E-state index is 0.106. The molecule has 0 unspecified atom stereocenters. The van der Waals surface area contributed by atoms with E-state index in [9.17, 15) is 0 Å². The van der Waals surface area contributed by atoms with Crippen molar-refractivity contribution in [2.45, 2.75) is 32.0 Å². The Kier molecular flexibility index (Phi) is 3.69. The van der Waals surface area contributed by atoms with Gasteiger partial charge in [-0.2, -0.15) is 0 Å². The summed E-state index contributed by atoms with van der Waals surface area (Å²) in [6.45, 7) is 4.21. The highest BCUT2D eigenvalue weighted by Gasteiger charge is 2.17. The zero-order valence-corrected chi connectivity index (χ0v) is 9.15. The molecule has 1 atom stereocenters. The fraction of sp³-hybridized carbons (Fsp3) is 0.583. The molecule has 1 aliphatic rings. The van der Waals surface area contributed by atoms with Gasteiger partial charge in [0.25, 0.3) is 0 Å². The van der Waals surface area contributed by atoms with Crippen LogP contribution in [0.5, 0.6) is 0 Å². The van der Waals surface area contributed by atoms with Gasteiger partial charge in [0.15, 0.2) is 0 Å². The summed E-state index contributed by atoms with van der Waals surface area (Å²) in [4.78, 5) is 4.30. The highest BCUT2D eigenvalue weighted by Crippen LogP contribution is 2.19. The van der Waals surface area contributed by atoms with Gasteiger partial charge in [-0.25, -0.2) is 0 Å². The second-order valence-corrected chi connectivity index (χ2v) is 3.98. The van der Waals surface area contributed by atoms with Crippen LogP contribution < -0.4 is 5.32 Å². The van der Waals surface area contributed by atoms with E-state index in [0.29, 0.717) is 6.10 Å². The molecule has 0 saturated carbocycles. The van der Waals surface area contributed by atoms with E-state index >= 15 is 0 Å². The predicted octanol–water partition coefficient (Wildman–Crippen LogP) is 1.91. The van der Waals surface area contributed by atoms with Crippen molar-refractivity contribution in [2.24, 2.45) is 0 Å². The molecule has 1 aromatic rings. The van der Waals surface area contributed by atoms with Crippen LogP contribution in [0.3, 0.4) is 0 Å². The Hall–Kier alpha value is -0.930. The Morgan fingerprint density at radius 1 is 1.40 bits per heavy atom. The second-order valence-electron chi connectivity index (χ2n) is 3.98. The fourth-order valence-corrected chi connectivity index (χ4v) is 1.91. The molecule has 3 nitrogen and oxygen atoms in total. The van der Waals surface area contributed by atoms with Crippen molar-refractivity contribution in [1.29, 1.82) is 0 Å². The predicted molar refractivity (Wildman–Crippen MR) is 59.6 cm³/mol. The minimum Gasteiger partial charge on any atom is -0.369 e. The molecule has 82 valence electrons. The van der Waals surface area contributed by atoms with Gasteiger partial charge in [0.05, 0.1) is 17.9 Å². The number of nitrogens with one attached hydrogen (secondary N) is 1. The van der Waals surface area contributed by atoms with E-state index in [1.54, 1.807) is 0 Å². The SMILES string of the molecule is C[C@@H](OC1CCNCC1)c1ccccn1. The van der Waals surface area contributed by atoms with Gasteiger partial charge in [0.1, 0.15) is 0 Å². The van der Waals surface area contributed by atoms with Crippen molar-refractivity contribution in [3.8, 4) is 0 Å². The number of hydrogen-bond donors (Lipinski definition) is 1. The van der Waals surface area contributed by atoms with Crippen LogP contribution in [0.15, 0.2) is 24.4 Å². The maximum Gasteiger partial charge on any atom is 0.0970 e. The third kappa shape index (κ3) is 3.01. The summed E-state index contributed by atoms with van der Waals surface area (Å²) in [6.07, 6.45) is 4.53. The van der Waals surface area contributed by atoms with Crippen molar-refractivity contribution >= 4 is 0 Å². The molecule has 1 aromatic heterocycles. The standard InChI is InChI=1S/C12H18N2O/c1-10(12-4-2-3-7-14-12)15-11-5-8-13-9-6-11/h2-4,7,10-11,13H,5-6,8-9H2,1H3/t10-/m1/s1. The fourth-order valence-electron chi connectivity index (χ4n) is 1.91. The monoisotopic (exact) mass is 206 g/mol. The molecular weight excluding hydrogens is 188 g/mol. The lowest BCUT2D eigenvalue weighted by Gasteiger charge is -2.26. The first kappa shape index (κ1) is 10.6. The lowest BCUT2D eigenvalue weighted by atomic mass is 10.1. The number of pyridine rings is 1. The second kappa shape index (κ2) is 5.24. The lowest BCUT2D eigenvalue weighted by molar-refractivity contribution is -0.0205. The largest absolute Gasteiger partial charge is 0.369 e. The van der Waals surface area contributed by atoms with E-state index in [1.165, 1.54) is 0 Å². The smallest absolute Gasteiger partial charge is 0.0970 e. The molecule has 1 aliphatic heterocycles. The molecule has 0 aliphatic carbocycles. The van der Waals surface area contributed by atoms with Gasteiger partial charge in [0.2, 0.25) is 0 Å². The molecule has 1 saturated heterocycles. The van der Waals surface area contributed by atoms with Crippen molar-refractivity contribution in [2.75, 3.05) is 13.1 Å². The van der Waals surface area contributed by atoms with E-state index in [1.807, 2.05) is 24.4 Å². The topological polar surface area (TPSA) is 34.1 Å². The van der Waals surface area contributed by atoms with E-state index in [4.69, 9.17) is 4.74 Å². The summed E-state index contributed by atoms with van der Waals surface area (Å²) in [5, 5.41) is 3.33. The normalized spacial score (nSPS) is 20.1. The summed E-state index contributed by atoms with van der Waals surface area (Å²) in [7, 11) is 0. The summed E-state index contributed by atoms with van der Waals surface area (Å²) < 4.78 is 5.97. The van der Waals surface area contributed by atoms with Crippen molar-refractivity contribution in [3.05, 3.63) is 30.1 Å². The van der Waals surface area contributed by atoms with Crippen LogP contribution >= 0.6 is 0 Å². The van der Waals surface area contributed by atoms with Crippen LogP contribution in [-0.2, 0) is 4.74 Å². The summed E-state index contributed by atoms with van der Waals surface area (Å²) >= 11 is 0. The average molecular weight is 206 g/mol. The Balaban J connectivity index is 1.88. The number of aromatic nitrogens is 1. The first-order chi connectivity index (χ1) is 7.36. The van der Waals surface area contributed by atoms with Crippen LogP contribution in [0.4, 0.5) is 0 Å². The van der Waals surface area contributed by atoms with E-state index in [-0.39, 0.29) is 6.10 Å². The number of ether oxygens (including phenoxy) is 1. The highest BCUT2D eigenvalue weighted by molar-refractivity contribution is 5.06. The Bertz CT molecular complexity index is 283. The number of nitrogens with zero attached hydrogens (tertiary/aromatic N) is 1. The van der Waals surface area contributed by atoms with E-state index in [0.717, 1.165) is 31.6 Å². The third-order valence-corrected chi connectivity index (χ3v) is 2.79. The molecule has 2 rings (SSSR count). The summed E-state index contributed by atoms with van der Waals surface area (Å²) in [6, 6.07) is 5.96. The number of piperidine rings is 1. The molecule has 2 heterocycles. The molecule has 0 radical (unpaired) electrons. The van der Waals surface area contributed by atoms with Crippen LogP contribution in [0.1, 0.15) is 31.6 Å². The molecule has 15 heavy (non-hydrogen) atoms. The Morgan fingerprint density at radius 2 is 2.20 bits per heavy atom. The van der Waals surface area contributed by atoms with Crippen molar-refractivity contribution in [1.82, 2.24) is 10.3 Å². The van der Waals surface area contributed by atoms with E-state index in [2.05, 4.69) is 17.2 Å². The molecule has 0 aromatic carbocycles. The molecule has 0 bridgehead atoms. The summed E-state index contributed by atoms with van der Waals surface area (Å²) in [5.41, 5.74) is 1.02. The van der Waals surface area contributed by atoms with Gasteiger partial charge in [-0.3, -0.25) is 4.98 Å². The first-order valence-electron chi connectivity index (χ1n) is 5.63. The molecule has 0 spiro atoms. The van der Waals surface area contributed by atoms with Crippen LogP contribution in [0.2, 0.25) is 0 Å². The van der Waals surface area contributed by atoms with Crippen molar-refractivity contribution in [3.63, 3.8) is 0 Å².